The van der Waals surface area contributed by atoms with E-state index in [1.165, 1.54) is 0 Å². The third-order valence-electron chi connectivity index (χ3n) is 4.98. The van der Waals surface area contributed by atoms with Gasteiger partial charge < -0.3 is 14.6 Å². The van der Waals surface area contributed by atoms with Crippen molar-refractivity contribution in [3.63, 3.8) is 0 Å². The number of aromatic nitrogens is 1. The van der Waals surface area contributed by atoms with Crippen LogP contribution in [-0.2, 0) is 17.3 Å². The Morgan fingerprint density at radius 3 is 2.20 bits per heavy atom. The summed E-state index contributed by atoms with van der Waals surface area (Å²) in [6.45, 7) is 0.723. The number of halogens is 2. The first-order valence-electron chi connectivity index (χ1n) is 7.96. The van der Waals surface area contributed by atoms with Crippen molar-refractivity contribution < 1.29 is 14.7 Å². The first-order chi connectivity index (χ1) is 11.9. The number of carbonyl (C=O) groups excluding carboxylic acids is 1. The molecule has 1 N–H and O–H groups in total. The first-order valence-corrected chi connectivity index (χ1v) is 8.71. The standard InChI is InChI=1S/C18H18Cl2N2O3/c1-21-14(11-13(19)15(21)20)16(23)22-9-7-18(8-10-22,17(24)25)12-5-3-2-4-6-12/h2-6,11H,7-10H2,1H3,(H,24,25). The van der Waals surface area contributed by atoms with Gasteiger partial charge in [-0.25, -0.2) is 0 Å². The number of carboxylic acid groups (broad SMARTS) is 1. The van der Waals surface area contributed by atoms with Gasteiger partial charge in [0.05, 0.1) is 10.4 Å². The van der Waals surface area contributed by atoms with Crippen molar-refractivity contribution in [1.82, 2.24) is 9.47 Å². The summed E-state index contributed by atoms with van der Waals surface area (Å²) in [6, 6.07) is 10.8. The number of benzene rings is 1. The predicted octanol–water partition coefficient (Wildman–Crippen LogP) is 3.59. The molecule has 0 unspecified atom stereocenters. The summed E-state index contributed by atoms with van der Waals surface area (Å²) < 4.78 is 1.54. The van der Waals surface area contributed by atoms with E-state index in [1.807, 2.05) is 30.3 Å². The SMILES string of the molecule is Cn1c(C(=O)N2CCC(C(=O)O)(c3ccccc3)CC2)cc(Cl)c1Cl. The Morgan fingerprint density at radius 1 is 1.12 bits per heavy atom. The summed E-state index contributed by atoms with van der Waals surface area (Å²) >= 11 is 12.0. The number of hydrogen-bond acceptors (Lipinski definition) is 2. The number of likely N-dealkylation sites (tertiary alicyclic amines) is 1. The summed E-state index contributed by atoms with van der Waals surface area (Å²) in [5.41, 5.74) is 0.221. The molecule has 0 atom stereocenters. The van der Waals surface area contributed by atoms with Gasteiger partial charge in [0.15, 0.2) is 0 Å². The minimum atomic E-state index is -0.957. The second-order valence-corrected chi connectivity index (χ2v) is 7.04. The average Bonchev–Trinajstić information content (AvgIpc) is 2.89. The molecule has 0 bridgehead atoms. The molecule has 1 fully saturated rings. The van der Waals surface area contributed by atoms with Crippen LogP contribution >= 0.6 is 23.2 Å². The van der Waals surface area contributed by atoms with Gasteiger partial charge in [-0.05, 0) is 24.5 Å². The molecule has 5 nitrogen and oxygen atoms in total. The summed E-state index contributed by atoms with van der Waals surface area (Å²) in [6.07, 6.45) is 0.730. The zero-order valence-electron chi connectivity index (χ0n) is 13.7. The lowest BCUT2D eigenvalue weighted by Crippen LogP contribution is -2.49. The van der Waals surface area contributed by atoms with Crippen molar-refractivity contribution in [2.75, 3.05) is 13.1 Å². The largest absolute Gasteiger partial charge is 0.481 e. The lowest BCUT2D eigenvalue weighted by atomic mass is 9.73. The first kappa shape index (κ1) is 17.8. The van der Waals surface area contributed by atoms with Crippen molar-refractivity contribution in [2.24, 2.45) is 7.05 Å². The molecule has 2 aromatic rings. The third-order valence-corrected chi connectivity index (χ3v) is 5.82. The van der Waals surface area contributed by atoms with E-state index >= 15 is 0 Å². The maximum absolute atomic E-state index is 12.7. The number of carboxylic acids is 1. The van der Waals surface area contributed by atoms with Crippen LogP contribution in [0.3, 0.4) is 0 Å². The topological polar surface area (TPSA) is 62.5 Å². The molecule has 25 heavy (non-hydrogen) atoms. The van der Waals surface area contributed by atoms with Crippen LogP contribution in [-0.4, -0.2) is 39.5 Å². The molecular formula is C18H18Cl2N2O3. The van der Waals surface area contributed by atoms with Gasteiger partial charge in [0, 0.05) is 20.1 Å². The number of aliphatic carboxylic acids is 1. The van der Waals surface area contributed by atoms with Crippen LogP contribution in [0.4, 0.5) is 0 Å². The smallest absolute Gasteiger partial charge is 0.314 e. The highest BCUT2D eigenvalue weighted by Crippen LogP contribution is 2.36. The van der Waals surface area contributed by atoms with Gasteiger partial charge in [-0.15, -0.1) is 0 Å². The normalized spacial score (nSPS) is 16.7. The molecule has 1 aromatic heterocycles. The van der Waals surface area contributed by atoms with Crippen LogP contribution in [0.15, 0.2) is 36.4 Å². The van der Waals surface area contributed by atoms with E-state index in [0.717, 1.165) is 5.56 Å². The molecule has 3 rings (SSSR count). The third kappa shape index (κ3) is 3.02. The number of nitrogens with zero attached hydrogens (tertiary/aromatic N) is 2. The van der Waals surface area contributed by atoms with Crippen LogP contribution in [0.5, 0.6) is 0 Å². The Morgan fingerprint density at radius 2 is 1.72 bits per heavy atom. The number of rotatable bonds is 3. The molecule has 1 aromatic carbocycles. The molecule has 0 aliphatic carbocycles. The minimum Gasteiger partial charge on any atom is -0.481 e. The molecule has 1 saturated heterocycles. The van der Waals surface area contributed by atoms with Crippen molar-refractivity contribution in [3.8, 4) is 0 Å². The molecule has 1 aliphatic heterocycles. The molecule has 132 valence electrons. The van der Waals surface area contributed by atoms with Crippen LogP contribution < -0.4 is 0 Å². The van der Waals surface area contributed by atoms with Gasteiger partial charge in [-0.1, -0.05) is 53.5 Å². The fraction of sp³-hybridized carbons (Fsp3) is 0.333. The molecule has 0 radical (unpaired) electrons. The van der Waals surface area contributed by atoms with Gasteiger partial charge in [0.2, 0.25) is 0 Å². The van der Waals surface area contributed by atoms with Crippen molar-refractivity contribution >= 4 is 35.1 Å². The van der Waals surface area contributed by atoms with Crippen LogP contribution in [0.1, 0.15) is 28.9 Å². The van der Waals surface area contributed by atoms with Crippen LogP contribution in [0, 0.1) is 0 Å². The van der Waals surface area contributed by atoms with Gasteiger partial charge in [-0.3, -0.25) is 9.59 Å². The fourth-order valence-electron chi connectivity index (χ4n) is 3.38. The van der Waals surface area contributed by atoms with Crippen LogP contribution in [0.25, 0.3) is 0 Å². The van der Waals surface area contributed by atoms with E-state index in [-0.39, 0.29) is 5.91 Å². The van der Waals surface area contributed by atoms with Crippen molar-refractivity contribution in [2.45, 2.75) is 18.3 Å². The Kier molecular flexibility index (Phi) is 4.80. The Labute approximate surface area is 155 Å². The number of amides is 1. The quantitative estimate of drug-likeness (QED) is 0.884. The highest BCUT2D eigenvalue weighted by atomic mass is 35.5. The van der Waals surface area contributed by atoms with Crippen molar-refractivity contribution in [1.29, 1.82) is 0 Å². The van der Waals surface area contributed by atoms with Gasteiger partial charge >= 0.3 is 5.97 Å². The monoisotopic (exact) mass is 380 g/mol. The molecule has 0 saturated carbocycles. The lowest BCUT2D eigenvalue weighted by Gasteiger charge is -2.39. The van der Waals surface area contributed by atoms with E-state index in [0.29, 0.717) is 41.8 Å². The van der Waals surface area contributed by atoms with Gasteiger partial charge in [-0.2, -0.15) is 0 Å². The molecule has 7 heteroatoms. The molecule has 1 aliphatic rings. The second-order valence-electron chi connectivity index (χ2n) is 6.27. The van der Waals surface area contributed by atoms with E-state index in [2.05, 4.69) is 0 Å². The van der Waals surface area contributed by atoms with E-state index in [9.17, 15) is 14.7 Å². The summed E-state index contributed by atoms with van der Waals surface area (Å²) in [5.74, 6) is -1.04. The summed E-state index contributed by atoms with van der Waals surface area (Å²) in [7, 11) is 1.68. The molecule has 1 amide bonds. The average molecular weight is 381 g/mol. The number of piperidine rings is 1. The highest BCUT2D eigenvalue weighted by molar-refractivity contribution is 6.41. The second kappa shape index (κ2) is 6.73. The summed E-state index contributed by atoms with van der Waals surface area (Å²) in [5, 5.41) is 10.5. The predicted molar refractivity (Wildman–Crippen MR) is 96.3 cm³/mol. The molecular weight excluding hydrogens is 363 g/mol. The minimum absolute atomic E-state index is 0.191. The van der Waals surface area contributed by atoms with Crippen molar-refractivity contribution in [3.05, 3.63) is 57.8 Å². The zero-order valence-corrected chi connectivity index (χ0v) is 15.2. The zero-order chi connectivity index (χ0) is 18.2. The highest BCUT2D eigenvalue weighted by Gasteiger charge is 2.44. The maximum Gasteiger partial charge on any atom is 0.314 e. The van der Waals surface area contributed by atoms with E-state index < -0.39 is 11.4 Å². The number of carbonyl (C=O) groups is 2. The summed E-state index contributed by atoms with van der Waals surface area (Å²) in [4.78, 5) is 26.4. The van der Waals surface area contributed by atoms with E-state index in [1.54, 1.807) is 22.6 Å². The fourth-order valence-corrected chi connectivity index (χ4v) is 3.76. The van der Waals surface area contributed by atoms with Gasteiger partial charge in [0.25, 0.3) is 5.91 Å². The maximum atomic E-state index is 12.7. The Bertz CT molecular complexity index is 809. The van der Waals surface area contributed by atoms with Gasteiger partial charge in [0.1, 0.15) is 10.8 Å². The Hall–Kier alpha value is -1.98. The lowest BCUT2D eigenvalue weighted by molar-refractivity contribution is -0.145. The molecule has 0 spiro atoms. The Balaban J connectivity index is 1.81. The molecule has 2 heterocycles. The number of hydrogen-bond donors (Lipinski definition) is 1. The van der Waals surface area contributed by atoms with E-state index in [4.69, 9.17) is 23.2 Å². The van der Waals surface area contributed by atoms with Crippen LogP contribution in [0.2, 0.25) is 10.2 Å².